The van der Waals surface area contributed by atoms with Crippen LogP contribution in [-0.2, 0) is 14.3 Å². The quantitative estimate of drug-likeness (QED) is 0.783. The SMILES string of the molecule is CCCC1(CCC)O[C@@]2(C(=O)O)CCC[C@]1(C(=O)O)C2. The van der Waals surface area contributed by atoms with Crippen LogP contribution in [0.3, 0.4) is 0 Å². The van der Waals surface area contributed by atoms with Gasteiger partial charge in [-0.15, -0.1) is 0 Å². The predicted molar refractivity (Wildman–Crippen MR) is 72.5 cm³/mol. The Balaban J connectivity index is 2.53. The molecule has 0 radical (unpaired) electrons. The van der Waals surface area contributed by atoms with E-state index in [0.717, 1.165) is 12.8 Å². The zero-order chi connectivity index (χ0) is 15.0. The first-order valence-electron chi connectivity index (χ1n) is 7.55. The monoisotopic (exact) mass is 284 g/mol. The minimum atomic E-state index is -1.29. The van der Waals surface area contributed by atoms with Crippen molar-refractivity contribution < 1.29 is 24.5 Å². The molecule has 2 N–H and O–H groups in total. The van der Waals surface area contributed by atoms with Gasteiger partial charge in [0.2, 0.25) is 0 Å². The van der Waals surface area contributed by atoms with E-state index in [1.54, 1.807) is 0 Å². The molecule has 0 aromatic carbocycles. The van der Waals surface area contributed by atoms with Crippen LogP contribution in [0.2, 0.25) is 0 Å². The van der Waals surface area contributed by atoms with Crippen LogP contribution in [0.25, 0.3) is 0 Å². The lowest BCUT2D eigenvalue weighted by atomic mass is 9.60. The highest BCUT2D eigenvalue weighted by Gasteiger charge is 2.71. The largest absolute Gasteiger partial charge is 0.481 e. The van der Waals surface area contributed by atoms with Gasteiger partial charge < -0.3 is 14.9 Å². The minimum Gasteiger partial charge on any atom is -0.481 e. The molecule has 2 atom stereocenters. The van der Waals surface area contributed by atoms with Crippen molar-refractivity contribution in [3.63, 3.8) is 0 Å². The molecule has 2 rings (SSSR count). The Morgan fingerprint density at radius 1 is 1.05 bits per heavy atom. The Kier molecular flexibility index (Phi) is 3.84. The van der Waals surface area contributed by atoms with Crippen LogP contribution < -0.4 is 0 Å². The second-order valence-electron chi connectivity index (χ2n) is 6.31. The molecule has 1 saturated carbocycles. The van der Waals surface area contributed by atoms with Gasteiger partial charge in [-0.1, -0.05) is 26.7 Å². The highest BCUT2D eigenvalue weighted by Crippen LogP contribution is 2.62. The molecule has 0 aromatic rings. The van der Waals surface area contributed by atoms with Gasteiger partial charge in [-0.2, -0.15) is 0 Å². The lowest BCUT2D eigenvalue weighted by molar-refractivity contribution is -0.183. The average molecular weight is 284 g/mol. The van der Waals surface area contributed by atoms with Crippen molar-refractivity contribution in [2.24, 2.45) is 5.41 Å². The highest BCUT2D eigenvalue weighted by molar-refractivity contribution is 5.84. The smallest absolute Gasteiger partial charge is 0.336 e. The van der Waals surface area contributed by atoms with Crippen LogP contribution in [0, 0.1) is 5.41 Å². The van der Waals surface area contributed by atoms with Crippen LogP contribution in [-0.4, -0.2) is 33.4 Å². The minimum absolute atomic E-state index is 0.116. The number of hydrogen-bond donors (Lipinski definition) is 2. The lowest BCUT2D eigenvalue weighted by Crippen LogP contribution is -2.50. The molecule has 0 spiro atoms. The molecule has 2 bridgehead atoms. The summed E-state index contributed by atoms with van der Waals surface area (Å²) in [5.74, 6) is -1.89. The standard InChI is InChI=1S/C15H24O5/c1-3-6-15(7-4-2)13(11(16)17)8-5-9-14(10-13,20-15)12(18)19/h3-10H2,1-2H3,(H,16,17)(H,18,19)/t13-,14+/m1/s1. The predicted octanol–water partition coefficient (Wildman–Crippen LogP) is 2.82. The summed E-state index contributed by atoms with van der Waals surface area (Å²) in [6.07, 6.45) is 4.49. The molecule has 1 aliphatic heterocycles. The van der Waals surface area contributed by atoms with Gasteiger partial charge in [0.15, 0.2) is 5.60 Å². The van der Waals surface area contributed by atoms with E-state index in [9.17, 15) is 19.8 Å². The summed E-state index contributed by atoms with van der Waals surface area (Å²) in [7, 11) is 0. The normalized spacial score (nSPS) is 34.9. The van der Waals surface area contributed by atoms with Crippen LogP contribution in [0.1, 0.15) is 65.2 Å². The van der Waals surface area contributed by atoms with Crippen molar-refractivity contribution in [2.45, 2.75) is 76.4 Å². The maximum Gasteiger partial charge on any atom is 0.336 e. The molecule has 1 heterocycles. The molecule has 114 valence electrons. The molecule has 1 saturated heterocycles. The molecular formula is C15H24O5. The molecule has 2 aliphatic rings. The average Bonchev–Trinajstić information content (AvgIpc) is 2.57. The number of carboxylic acid groups (broad SMARTS) is 2. The van der Waals surface area contributed by atoms with Crippen molar-refractivity contribution in [3.8, 4) is 0 Å². The Bertz CT molecular complexity index is 412. The zero-order valence-corrected chi connectivity index (χ0v) is 12.3. The van der Waals surface area contributed by atoms with Crippen molar-refractivity contribution in [1.29, 1.82) is 0 Å². The molecular weight excluding hydrogens is 260 g/mol. The van der Waals surface area contributed by atoms with E-state index in [0.29, 0.717) is 32.1 Å². The fourth-order valence-electron chi connectivity index (χ4n) is 4.40. The van der Waals surface area contributed by atoms with Gasteiger partial charge in [0, 0.05) is 6.42 Å². The fraction of sp³-hybridized carbons (Fsp3) is 0.867. The van der Waals surface area contributed by atoms with Crippen LogP contribution in [0.4, 0.5) is 0 Å². The number of ether oxygens (including phenoxy) is 1. The molecule has 5 nitrogen and oxygen atoms in total. The molecule has 0 amide bonds. The number of fused-ring (bicyclic) bond motifs is 2. The number of aliphatic carboxylic acids is 2. The first kappa shape index (κ1) is 15.3. The number of carboxylic acids is 2. The molecule has 0 aromatic heterocycles. The maximum absolute atomic E-state index is 12.0. The first-order valence-corrected chi connectivity index (χ1v) is 7.55. The number of hydrogen-bond acceptors (Lipinski definition) is 3. The topological polar surface area (TPSA) is 83.8 Å². The number of carbonyl (C=O) groups is 2. The summed E-state index contributed by atoms with van der Waals surface area (Å²) in [5.41, 5.74) is -3.14. The van der Waals surface area contributed by atoms with Crippen molar-refractivity contribution in [3.05, 3.63) is 0 Å². The van der Waals surface area contributed by atoms with Gasteiger partial charge in [-0.3, -0.25) is 4.79 Å². The molecule has 2 fully saturated rings. The van der Waals surface area contributed by atoms with E-state index in [1.807, 2.05) is 13.8 Å². The van der Waals surface area contributed by atoms with Gasteiger partial charge >= 0.3 is 11.9 Å². The zero-order valence-electron chi connectivity index (χ0n) is 12.3. The van der Waals surface area contributed by atoms with E-state index in [2.05, 4.69) is 0 Å². The molecule has 20 heavy (non-hydrogen) atoms. The second kappa shape index (κ2) is 5.02. The first-order chi connectivity index (χ1) is 9.38. The van der Waals surface area contributed by atoms with Crippen molar-refractivity contribution in [1.82, 2.24) is 0 Å². The van der Waals surface area contributed by atoms with Gasteiger partial charge in [0.25, 0.3) is 0 Å². The van der Waals surface area contributed by atoms with E-state index >= 15 is 0 Å². The summed E-state index contributed by atoms with van der Waals surface area (Å²) in [5, 5.41) is 19.4. The highest BCUT2D eigenvalue weighted by atomic mass is 16.6. The summed E-state index contributed by atoms with van der Waals surface area (Å²) >= 11 is 0. The molecule has 0 unspecified atom stereocenters. The third kappa shape index (κ3) is 1.86. The van der Waals surface area contributed by atoms with E-state index in [4.69, 9.17) is 4.74 Å². The second-order valence-corrected chi connectivity index (χ2v) is 6.31. The summed E-state index contributed by atoms with van der Waals surface area (Å²) in [6, 6.07) is 0. The van der Waals surface area contributed by atoms with E-state index in [-0.39, 0.29) is 6.42 Å². The lowest BCUT2D eigenvalue weighted by Gasteiger charge is -2.41. The van der Waals surface area contributed by atoms with Crippen molar-refractivity contribution in [2.75, 3.05) is 0 Å². The van der Waals surface area contributed by atoms with Gasteiger partial charge in [-0.05, 0) is 32.1 Å². The maximum atomic E-state index is 12.0. The van der Waals surface area contributed by atoms with Gasteiger partial charge in [0.05, 0.1) is 5.60 Å². The third-order valence-corrected chi connectivity index (χ3v) is 5.14. The van der Waals surface area contributed by atoms with Crippen molar-refractivity contribution >= 4 is 11.9 Å². The van der Waals surface area contributed by atoms with Gasteiger partial charge in [0.1, 0.15) is 5.41 Å². The molecule has 1 aliphatic carbocycles. The van der Waals surface area contributed by atoms with Gasteiger partial charge in [-0.25, -0.2) is 4.79 Å². The van der Waals surface area contributed by atoms with E-state index in [1.165, 1.54) is 0 Å². The Morgan fingerprint density at radius 3 is 2.10 bits per heavy atom. The third-order valence-electron chi connectivity index (χ3n) is 5.14. The van der Waals surface area contributed by atoms with E-state index < -0.39 is 28.6 Å². The Hall–Kier alpha value is -1.10. The summed E-state index contributed by atoms with van der Waals surface area (Å²) in [4.78, 5) is 23.7. The fourth-order valence-corrected chi connectivity index (χ4v) is 4.40. The number of rotatable bonds is 6. The summed E-state index contributed by atoms with van der Waals surface area (Å²) < 4.78 is 6.09. The van der Waals surface area contributed by atoms with Crippen LogP contribution in [0.5, 0.6) is 0 Å². The molecule has 5 heteroatoms. The van der Waals surface area contributed by atoms with Crippen LogP contribution >= 0.6 is 0 Å². The summed E-state index contributed by atoms with van der Waals surface area (Å²) in [6.45, 7) is 3.98. The Morgan fingerprint density at radius 2 is 1.65 bits per heavy atom. The van der Waals surface area contributed by atoms with Crippen LogP contribution in [0.15, 0.2) is 0 Å². The Labute approximate surface area is 119 Å².